The van der Waals surface area contributed by atoms with E-state index in [0.29, 0.717) is 0 Å². The molecular formula is C11H17N5O. The van der Waals surface area contributed by atoms with Crippen molar-refractivity contribution in [1.29, 1.82) is 0 Å². The highest BCUT2D eigenvalue weighted by atomic mass is 16.5. The molecule has 0 spiro atoms. The number of hydrogen-bond acceptors (Lipinski definition) is 5. The highest BCUT2D eigenvalue weighted by Crippen LogP contribution is 2.23. The number of aryl methyl sites for hydroxylation is 1. The Morgan fingerprint density at radius 2 is 2.06 bits per heavy atom. The van der Waals surface area contributed by atoms with Gasteiger partial charge in [0.25, 0.3) is 0 Å². The van der Waals surface area contributed by atoms with Crippen molar-refractivity contribution in [3.8, 4) is 0 Å². The fourth-order valence-electron chi connectivity index (χ4n) is 2.22. The van der Waals surface area contributed by atoms with Crippen molar-refractivity contribution in [3.05, 3.63) is 6.07 Å². The van der Waals surface area contributed by atoms with Crippen molar-refractivity contribution in [1.82, 2.24) is 9.78 Å². The van der Waals surface area contributed by atoms with Crippen LogP contribution in [-0.2, 0) is 11.8 Å². The van der Waals surface area contributed by atoms with Gasteiger partial charge in [-0.25, -0.2) is 5.01 Å². The van der Waals surface area contributed by atoms with Crippen LogP contribution in [0.5, 0.6) is 0 Å². The summed E-state index contributed by atoms with van der Waals surface area (Å²) in [5.41, 5.74) is 0. The largest absolute Gasteiger partial charge is 0.378 e. The molecule has 0 bridgehead atoms. The van der Waals surface area contributed by atoms with Crippen LogP contribution in [0.2, 0.25) is 0 Å². The molecule has 17 heavy (non-hydrogen) atoms. The highest BCUT2D eigenvalue weighted by Gasteiger charge is 2.19. The van der Waals surface area contributed by atoms with Crippen molar-refractivity contribution in [2.75, 3.05) is 42.8 Å². The number of aromatic nitrogens is 2. The predicted octanol–water partition coefficient (Wildman–Crippen LogP) is 0.453. The van der Waals surface area contributed by atoms with Crippen LogP contribution >= 0.6 is 0 Å². The Kier molecular flexibility index (Phi) is 2.72. The summed E-state index contributed by atoms with van der Waals surface area (Å²) in [7, 11) is 1.98. The lowest BCUT2D eigenvalue weighted by Gasteiger charge is -2.28. The zero-order valence-electron chi connectivity index (χ0n) is 10.0. The number of nitrogens with zero attached hydrogens (tertiary/aromatic N) is 5. The van der Waals surface area contributed by atoms with E-state index >= 15 is 0 Å². The molecule has 0 aliphatic carbocycles. The van der Waals surface area contributed by atoms with Crippen molar-refractivity contribution >= 4 is 17.9 Å². The van der Waals surface area contributed by atoms with Crippen LogP contribution in [-0.4, -0.2) is 48.8 Å². The molecule has 0 radical (unpaired) electrons. The molecule has 0 amide bonds. The quantitative estimate of drug-likeness (QED) is 0.747. The van der Waals surface area contributed by atoms with E-state index in [0.717, 1.165) is 50.9 Å². The molecule has 1 saturated heterocycles. The first-order chi connectivity index (χ1) is 8.34. The van der Waals surface area contributed by atoms with Gasteiger partial charge in [0, 0.05) is 45.4 Å². The Labute approximate surface area is 100 Å². The molecule has 92 valence electrons. The van der Waals surface area contributed by atoms with Gasteiger partial charge in [-0.05, 0) is 0 Å². The second-order valence-corrected chi connectivity index (χ2v) is 4.29. The molecule has 3 rings (SSSR count). The van der Waals surface area contributed by atoms with Gasteiger partial charge < -0.3 is 9.64 Å². The third-order valence-electron chi connectivity index (χ3n) is 3.13. The van der Waals surface area contributed by atoms with Gasteiger partial charge in [-0.15, -0.1) is 0 Å². The summed E-state index contributed by atoms with van der Waals surface area (Å²) in [6.07, 6.45) is 2.94. The van der Waals surface area contributed by atoms with Gasteiger partial charge in [-0.2, -0.15) is 10.2 Å². The minimum absolute atomic E-state index is 0.794. The van der Waals surface area contributed by atoms with E-state index in [9.17, 15) is 0 Å². The molecule has 1 aromatic heterocycles. The van der Waals surface area contributed by atoms with Crippen molar-refractivity contribution < 1.29 is 4.74 Å². The molecule has 2 aliphatic heterocycles. The average Bonchev–Trinajstić information content (AvgIpc) is 2.99. The Bertz CT molecular complexity index is 421. The van der Waals surface area contributed by atoms with Crippen molar-refractivity contribution in [2.45, 2.75) is 6.42 Å². The first-order valence-corrected chi connectivity index (χ1v) is 6.01. The Morgan fingerprint density at radius 1 is 1.24 bits per heavy atom. The maximum absolute atomic E-state index is 5.36. The van der Waals surface area contributed by atoms with Gasteiger partial charge >= 0.3 is 0 Å². The predicted molar refractivity (Wildman–Crippen MR) is 66.7 cm³/mol. The molecule has 1 aromatic rings. The minimum atomic E-state index is 0.794. The summed E-state index contributed by atoms with van der Waals surface area (Å²) in [5.74, 6) is 2.08. The molecule has 1 fully saturated rings. The Balaban J connectivity index is 1.82. The first kappa shape index (κ1) is 10.6. The molecule has 6 nitrogen and oxygen atoms in total. The Hall–Kier alpha value is -1.56. The standard InChI is InChI=1S/C11H17N5O/c1-14-11(15-5-7-17-8-6-15)9-10(13-14)16-4-2-3-12-16/h3,9H,2,4-8H2,1H3. The molecule has 0 saturated carbocycles. The lowest BCUT2D eigenvalue weighted by Crippen LogP contribution is -2.37. The van der Waals surface area contributed by atoms with Crippen LogP contribution in [0.25, 0.3) is 0 Å². The number of ether oxygens (including phenoxy) is 1. The first-order valence-electron chi connectivity index (χ1n) is 6.01. The summed E-state index contributed by atoms with van der Waals surface area (Å²) >= 11 is 0. The van der Waals surface area contributed by atoms with Crippen LogP contribution in [0.1, 0.15) is 6.42 Å². The summed E-state index contributed by atoms with van der Waals surface area (Å²) in [6, 6.07) is 2.11. The summed E-state index contributed by atoms with van der Waals surface area (Å²) < 4.78 is 7.29. The lowest BCUT2D eigenvalue weighted by atomic mass is 10.4. The smallest absolute Gasteiger partial charge is 0.173 e. The van der Waals surface area contributed by atoms with Crippen molar-refractivity contribution in [2.24, 2.45) is 12.1 Å². The summed E-state index contributed by atoms with van der Waals surface area (Å²) in [5, 5.41) is 10.8. The van der Waals surface area contributed by atoms with Gasteiger partial charge in [0.15, 0.2) is 5.82 Å². The van der Waals surface area contributed by atoms with E-state index in [1.807, 2.05) is 23.0 Å². The van der Waals surface area contributed by atoms with Crippen LogP contribution < -0.4 is 9.91 Å². The average molecular weight is 235 g/mol. The maximum atomic E-state index is 5.36. The molecular weight excluding hydrogens is 218 g/mol. The fourth-order valence-corrected chi connectivity index (χ4v) is 2.22. The van der Waals surface area contributed by atoms with Gasteiger partial charge in [0.1, 0.15) is 5.82 Å². The van der Waals surface area contributed by atoms with Crippen LogP contribution in [0.15, 0.2) is 11.2 Å². The van der Waals surface area contributed by atoms with Crippen LogP contribution in [0.3, 0.4) is 0 Å². The van der Waals surface area contributed by atoms with Crippen molar-refractivity contribution in [3.63, 3.8) is 0 Å². The molecule has 0 N–H and O–H groups in total. The minimum Gasteiger partial charge on any atom is -0.378 e. The van der Waals surface area contributed by atoms with E-state index in [1.165, 1.54) is 0 Å². The zero-order valence-corrected chi connectivity index (χ0v) is 10.0. The van der Waals surface area contributed by atoms with E-state index < -0.39 is 0 Å². The second kappa shape index (κ2) is 4.37. The molecule has 0 aromatic carbocycles. The van der Waals surface area contributed by atoms with Gasteiger partial charge in [-0.1, -0.05) is 0 Å². The van der Waals surface area contributed by atoms with Crippen LogP contribution in [0.4, 0.5) is 11.6 Å². The maximum Gasteiger partial charge on any atom is 0.173 e. The monoisotopic (exact) mass is 235 g/mol. The summed E-state index contributed by atoms with van der Waals surface area (Å²) in [6.45, 7) is 4.38. The second-order valence-electron chi connectivity index (χ2n) is 4.29. The molecule has 0 atom stereocenters. The number of morpholine rings is 1. The summed E-state index contributed by atoms with van der Waals surface area (Å²) in [4.78, 5) is 2.31. The number of anilines is 2. The molecule has 2 aliphatic rings. The molecule has 0 unspecified atom stereocenters. The van der Waals surface area contributed by atoms with E-state index in [-0.39, 0.29) is 0 Å². The number of hydrogen-bond donors (Lipinski definition) is 0. The van der Waals surface area contributed by atoms with E-state index in [4.69, 9.17) is 4.74 Å². The number of rotatable bonds is 2. The fraction of sp³-hybridized carbons (Fsp3) is 0.636. The lowest BCUT2D eigenvalue weighted by molar-refractivity contribution is 0.122. The topological polar surface area (TPSA) is 45.9 Å². The van der Waals surface area contributed by atoms with Gasteiger partial charge in [-0.3, -0.25) is 4.68 Å². The van der Waals surface area contributed by atoms with Gasteiger partial charge in [0.05, 0.1) is 13.2 Å². The third-order valence-corrected chi connectivity index (χ3v) is 3.13. The zero-order chi connectivity index (χ0) is 11.7. The molecule has 3 heterocycles. The highest BCUT2D eigenvalue weighted by molar-refractivity contribution is 5.65. The third kappa shape index (κ3) is 2.00. The Morgan fingerprint density at radius 3 is 2.76 bits per heavy atom. The van der Waals surface area contributed by atoms with E-state index in [1.54, 1.807) is 0 Å². The SMILES string of the molecule is Cn1nc(N2CCC=N2)cc1N1CCOCC1. The number of hydrazone groups is 1. The molecule has 6 heteroatoms. The normalized spacial score (nSPS) is 20.3. The van der Waals surface area contributed by atoms with Crippen LogP contribution in [0, 0.1) is 0 Å². The van der Waals surface area contributed by atoms with E-state index in [2.05, 4.69) is 21.2 Å². The van der Waals surface area contributed by atoms with Gasteiger partial charge in [0.2, 0.25) is 0 Å².